The highest BCUT2D eigenvalue weighted by Crippen LogP contribution is 2.28. The summed E-state index contributed by atoms with van der Waals surface area (Å²) in [4.78, 5) is 29.8. The minimum absolute atomic E-state index is 0.0595. The standard InChI is InChI=1S/C18H20FN3O4/c1-11-4-5-13(12(19)9-11)20-14-10-16(24)22-6-2-3-15(22)17(14)18(25)21-26-8-7-23/h4-5,9-10,20,23H,2-3,6-8H2,1H3,(H,21,25). The Kier molecular flexibility index (Phi) is 5.34. The molecule has 0 atom stereocenters. The van der Waals surface area contributed by atoms with Crippen LogP contribution in [0.3, 0.4) is 0 Å². The summed E-state index contributed by atoms with van der Waals surface area (Å²) in [7, 11) is 0. The van der Waals surface area contributed by atoms with E-state index >= 15 is 0 Å². The molecule has 0 saturated heterocycles. The van der Waals surface area contributed by atoms with E-state index < -0.39 is 11.7 Å². The molecule has 3 N–H and O–H groups in total. The van der Waals surface area contributed by atoms with Crippen molar-refractivity contribution in [1.29, 1.82) is 0 Å². The molecular weight excluding hydrogens is 341 g/mol. The van der Waals surface area contributed by atoms with Gasteiger partial charge in [-0.1, -0.05) is 6.07 Å². The van der Waals surface area contributed by atoms with Crippen LogP contribution in [0.25, 0.3) is 0 Å². The Morgan fingerprint density at radius 3 is 2.88 bits per heavy atom. The van der Waals surface area contributed by atoms with Crippen molar-refractivity contribution in [3.8, 4) is 0 Å². The molecule has 26 heavy (non-hydrogen) atoms. The van der Waals surface area contributed by atoms with Crippen molar-refractivity contribution >= 4 is 17.3 Å². The lowest BCUT2D eigenvalue weighted by Crippen LogP contribution is -2.30. The summed E-state index contributed by atoms with van der Waals surface area (Å²) < 4.78 is 15.7. The maximum atomic E-state index is 14.2. The number of hydrogen-bond donors (Lipinski definition) is 3. The summed E-state index contributed by atoms with van der Waals surface area (Å²) in [6.07, 6.45) is 1.30. The fourth-order valence-corrected chi connectivity index (χ4v) is 3.04. The zero-order valence-corrected chi connectivity index (χ0v) is 14.3. The Hall–Kier alpha value is -2.71. The van der Waals surface area contributed by atoms with Crippen molar-refractivity contribution in [3.63, 3.8) is 0 Å². The number of halogens is 1. The van der Waals surface area contributed by atoms with Gasteiger partial charge < -0.3 is 15.0 Å². The van der Waals surface area contributed by atoms with Gasteiger partial charge in [0.05, 0.1) is 30.2 Å². The number of aliphatic hydroxyl groups excluding tert-OH is 1. The van der Waals surface area contributed by atoms with Crippen molar-refractivity contribution < 1.29 is 19.1 Å². The first-order valence-electron chi connectivity index (χ1n) is 8.34. The molecule has 7 nitrogen and oxygen atoms in total. The Morgan fingerprint density at radius 1 is 1.35 bits per heavy atom. The number of fused-ring (bicyclic) bond motifs is 1. The van der Waals surface area contributed by atoms with E-state index in [9.17, 15) is 14.0 Å². The first kappa shape index (κ1) is 18.1. The molecule has 2 aromatic rings. The number of carbonyl (C=O) groups excluding carboxylic acids is 1. The maximum Gasteiger partial charge on any atom is 0.278 e. The van der Waals surface area contributed by atoms with Gasteiger partial charge in [0.15, 0.2) is 0 Å². The molecule has 1 amide bonds. The topological polar surface area (TPSA) is 92.6 Å². The summed E-state index contributed by atoms with van der Waals surface area (Å²) in [5.74, 6) is -1.03. The highest BCUT2D eigenvalue weighted by Gasteiger charge is 2.25. The average molecular weight is 361 g/mol. The van der Waals surface area contributed by atoms with Crippen LogP contribution in [0.5, 0.6) is 0 Å². The number of hydroxylamine groups is 1. The normalized spacial score (nSPS) is 12.7. The highest BCUT2D eigenvalue weighted by molar-refractivity contribution is 6.01. The molecule has 0 fully saturated rings. The lowest BCUT2D eigenvalue weighted by molar-refractivity contribution is 0.0168. The molecule has 2 heterocycles. The molecule has 0 radical (unpaired) electrons. The van der Waals surface area contributed by atoms with Crippen LogP contribution in [0.15, 0.2) is 29.1 Å². The van der Waals surface area contributed by atoms with Crippen LogP contribution in [0.4, 0.5) is 15.8 Å². The molecule has 0 spiro atoms. The third-order valence-corrected chi connectivity index (χ3v) is 4.19. The number of aliphatic hydroxyl groups is 1. The first-order chi connectivity index (χ1) is 12.5. The highest BCUT2D eigenvalue weighted by atomic mass is 19.1. The van der Waals surface area contributed by atoms with Crippen molar-refractivity contribution in [2.75, 3.05) is 18.5 Å². The number of rotatable bonds is 6. The minimum atomic E-state index is -0.556. The van der Waals surface area contributed by atoms with Gasteiger partial charge in [-0.2, -0.15) is 0 Å². The number of aromatic nitrogens is 1. The molecule has 0 unspecified atom stereocenters. The van der Waals surface area contributed by atoms with E-state index in [2.05, 4.69) is 10.8 Å². The number of anilines is 2. The van der Waals surface area contributed by atoms with Gasteiger partial charge in [-0.3, -0.25) is 14.4 Å². The zero-order valence-electron chi connectivity index (χ0n) is 14.3. The van der Waals surface area contributed by atoms with E-state index in [4.69, 9.17) is 9.94 Å². The minimum Gasteiger partial charge on any atom is -0.394 e. The number of pyridine rings is 1. The second-order valence-electron chi connectivity index (χ2n) is 6.08. The van der Waals surface area contributed by atoms with Crippen molar-refractivity contribution in [3.05, 3.63) is 57.3 Å². The number of hydrogen-bond acceptors (Lipinski definition) is 5. The van der Waals surface area contributed by atoms with Gasteiger partial charge in [-0.05, 0) is 37.5 Å². The van der Waals surface area contributed by atoms with Crippen LogP contribution in [0, 0.1) is 12.7 Å². The predicted molar refractivity (Wildman–Crippen MR) is 93.9 cm³/mol. The van der Waals surface area contributed by atoms with Gasteiger partial charge in [0.1, 0.15) is 5.82 Å². The van der Waals surface area contributed by atoms with Crippen LogP contribution < -0.4 is 16.4 Å². The summed E-state index contributed by atoms with van der Waals surface area (Å²) in [5.41, 5.74) is 3.97. The van der Waals surface area contributed by atoms with Gasteiger partial charge in [0.2, 0.25) is 0 Å². The number of nitrogens with zero attached hydrogens (tertiary/aromatic N) is 1. The molecule has 138 valence electrons. The fourth-order valence-electron chi connectivity index (χ4n) is 3.04. The van der Waals surface area contributed by atoms with E-state index in [0.717, 1.165) is 12.0 Å². The van der Waals surface area contributed by atoms with E-state index in [1.807, 2.05) is 0 Å². The summed E-state index contributed by atoms with van der Waals surface area (Å²) in [6, 6.07) is 5.94. The Balaban J connectivity index is 2.02. The second-order valence-corrected chi connectivity index (χ2v) is 6.08. The Morgan fingerprint density at radius 2 is 2.15 bits per heavy atom. The monoisotopic (exact) mass is 361 g/mol. The number of carbonyl (C=O) groups is 1. The zero-order chi connectivity index (χ0) is 18.7. The van der Waals surface area contributed by atoms with Crippen molar-refractivity contribution in [2.45, 2.75) is 26.3 Å². The molecule has 0 aliphatic carbocycles. The fraction of sp³-hybridized carbons (Fsp3) is 0.333. The predicted octanol–water partition coefficient (Wildman–Crippen LogP) is 1.64. The largest absolute Gasteiger partial charge is 0.394 e. The molecule has 8 heteroatoms. The van der Waals surface area contributed by atoms with Crippen LogP contribution in [-0.2, 0) is 17.8 Å². The Labute approximate surface area is 149 Å². The smallest absolute Gasteiger partial charge is 0.278 e. The van der Waals surface area contributed by atoms with Gasteiger partial charge in [-0.25, -0.2) is 9.87 Å². The van der Waals surface area contributed by atoms with E-state index in [1.165, 1.54) is 16.7 Å². The summed E-state index contributed by atoms with van der Waals surface area (Å²) in [6.45, 7) is 2.00. The number of aryl methyl sites for hydroxylation is 1. The van der Waals surface area contributed by atoms with Gasteiger partial charge in [-0.15, -0.1) is 0 Å². The first-order valence-corrected chi connectivity index (χ1v) is 8.34. The van der Waals surface area contributed by atoms with Crippen LogP contribution in [0.1, 0.15) is 28.0 Å². The molecule has 1 aliphatic heterocycles. The number of amides is 1. The SMILES string of the molecule is Cc1ccc(Nc2cc(=O)n3c(c2C(=O)NOCCO)CCC3)c(F)c1. The van der Waals surface area contributed by atoms with Gasteiger partial charge in [0.25, 0.3) is 11.5 Å². The van der Waals surface area contributed by atoms with Gasteiger partial charge >= 0.3 is 0 Å². The molecule has 0 bridgehead atoms. The molecule has 3 rings (SSSR count). The third-order valence-electron chi connectivity index (χ3n) is 4.19. The van der Waals surface area contributed by atoms with Crippen molar-refractivity contribution in [1.82, 2.24) is 10.0 Å². The number of nitrogens with one attached hydrogen (secondary N) is 2. The number of benzene rings is 1. The van der Waals surface area contributed by atoms with Crippen molar-refractivity contribution in [2.24, 2.45) is 0 Å². The van der Waals surface area contributed by atoms with Crippen LogP contribution in [0.2, 0.25) is 0 Å². The molecule has 1 aliphatic rings. The van der Waals surface area contributed by atoms with Crippen LogP contribution >= 0.6 is 0 Å². The summed E-state index contributed by atoms with van der Waals surface area (Å²) >= 11 is 0. The molecule has 1 aromatic carbocycles. The third kappa shape index (κ3) is 3.61. The van der Waals surface area contributed by atoms with E-state index in [0.29, 0.717) is 18.7 Å². The summed E-state index contributed by atoms with van der Waals surface area (Å²) in [5, 5.41) is 11.6. The average Bonchev–Trinajstić information content (AvgIpc) is 3.07. The quantitative estimate of drug-likeness (QED) is 0.537. The second kappa shape index (κ2) is 7.67. The Bertz CT molecular complexity index is 895. The lowest BCUT2D eigenvalue weighted by atomic mass is 10.1. The van der Waals surface area contributed by atoms with Crippen LogP contribution in [-0.4, -0.2) is 28.8 Å². The molecule has 1 aromatic heterocycles. The van der Waals surface area contributed by atoms with E-state index in [-0.39, 0.29) is 35.7 Å². The van der Waals surface area contributed by atoms with E-state index in [1.54, 1.807) is 19.1 Å². The molecular formula is C18H20FN3O4. The lowest BCUT2D eigenvalue weighted by Gasteiger charge is -2.17. The molecule has 0 saturated carbocycles. The maximum absolute atomic E-state index is 14.2. The van der Waals surface area contributed by atoms with Gasteiger partial charge in [0, 0.05) is 18.3 Å².